The van der Waals surface area contributed by atoms with Crippen LogP contribution in [0.5, 0.6) is 11.5 Å². The van der Waals surface area contributed by atoms with Crippen molar-refractivity contribution in [2.24, 2.45) is 33.7 Å². The summed E-state index contributed by atoms with van der Waals surface area (Å²) in [5.74, 6) is 3.47. The Morgan fingerprint density at radius 2 is 2.06 bits per heavy atom. The molecule has 0 radical (unpaired) electrons. The fourth-order valence-electron chi connectivity index (χ4n) is 6.11. The summed E-state index contributed by atoms with van der Waals surface area (Å²) in [6, 6.07) is 4.51. The van der Waals surface area contributed by atoms with Crippen LogP contribution in [0, 0.1) is 17.3 Å². The predicted octanol–water partition coefficient (Wildman–Crippen LogP) is 4.88. The predicted molar refractivity (Wildman–Crippen MR) is 127 cm³/mol. The maximum absolute atomic E-state index is 6.60. The molecule has 170 valence electrons. The van der Waals surface area contributed by atoms with E-state index in [0.29, 0.717) is 30.9 Å². The third-order valence-corrected chi connectivity index (χ3v) is 8.19. The van der Waals surface area contributed by atoms with Crippen LogP contribution in [0.3, 0.4) is 0 Å². The first-order valence-electron chi connectivity index (χ1n) is 11.8. The first kappa shape index (κ1) is 22.0. The van der Waals surface area contributed by atoms with Gasteiger partial charge in [-0.2, -0.15) is 0 Å². The van der Waals surface area contributed by atoms with E-state index < -0.39 is 0 Å². The molecule has 3 fully saturated rings. The van der Waals surface area contributed by atoms with Crippen molar-refractivity contribution in [3.05, 3.63) is 35.4 Å². The van der Waals surface area contributed by atoms with Crippen molar-refractivity contribution in [3.63, 3.8) is 0 Å². The summed E-state index contributed by atoms with van der Waals surface area (Å²) in [6.07, 6.45) is 4.79. The average molecular weight is 426 g/mol. The lowest BCUT2D eigenvalue weighted by molar-refractivity contribution is -0.0727. The molecule has 1 aromatic carbocycles. The molecule has 0 spiro atoms. The van der Waals surface area contributed by atoms with E-state index >= 15 is 0 Å². The van der Waals surface area contributed by atoms with Crippen LogP contribution >= 0.6 is 0 Å². The van der Waals surface area contributed by atoms with Crippen molar-refractivity contribution < 1.29 is 9.47 Å². The number of nitrogens with zero attached hydrogens (tertiary/aromatic N) is 1. The topological polar surface area (TPSA) is 82.9 Å². The lowest BCUT2D eigenvalue weighted by atomic mass is 9.43. The number of guanidine groups is 1. The number of hydrogen-bond acceptors (Lipinski definition) is 3. The zero-order valence-corrected chi connectivity index (χ0v) is 19.8. The zero-order valence-electron chi connectivity index (χ0n) is 19.8. The van der Waals surface area contributed by atoms with Gasteiger partial charge in [-0.15, -0.1) is 0 Å². The molecule has 4 atom stereocenters. The minimum atomic E-state index is 0.0541. The maximum Gasteiger partial charge on any atom is 0.186 e. The van der Waals surface area contributed by atoms with Crippen LogP contribution in [-0.4, -0.2) is 25.2 Å². The highest BCUT2D eigenvalue weighted by Crippen LogP contribution is 2.69. The normalized spacial score (nSPS) is 27.6. The maximum atomic E-state index is 6.60. The molecule has 1 aliphatic heterocycles. The fourth-order valence-corrected chi connectivity index (χ4v) is 6.11. The van der Waals surface area contributed by atoms with Crippen LogP contribution in [0.15, 0.2) is 29.3 Å². The molecule has 0 unspecified atom stereocenters. The summed E-state index contributed by atoms with van der Waals surface area (Å²) in [4.78, 5) is 4.09. The Kier molecular flexibility index (Phi) is 5.51. The summed E-state index contributed by atoms with van der Waals surface area (Å²) in [6.45, 7) is 17.0. The Hall–Kier alpha value is -2.17. The number of fused-ring (bicyclic) bond motifs is 1. The summed E-state index contributed by atoms with van der Waals surface area (Å²) >= 11 is 0. The fraction of sp³-hybridized carbons (Fsp3) is 0.654. The molecule has 5 nitrogen and oxygen atoms in total. The van der Waals surface area contributed by atoms with Crippen molar-refractivity contribution in [1.29, 1.82) is 0 Å². The molecular formula is C26H39N3O2. The molecule has 0 amide bonds. The van der Waals surface area contributed by atoms with Gasteiger partial charge in [0.05, 0.1) is 6.54 Å². The van der Waals surface area contributed by atoms with E-state index in [9.17, 15) is 0 Å². The Morgan fingerprint density at radius 3 is 2.71 bits per heavy atom. The quantitative estimate of drug-likeness (QED) is 0.269. The highest BCUT2D eigenvalue weighted by Gasteiger charge is 2.63. The molecule has 3 aliphatic carbocycles. The first-order valence-corrected chi connectivity index (χ1v) is 11.8. The number of benzene rings is 1. The molecule has 4 N–H and O–H groups in total. The molecule has 5 rings (SSSR count). The van der Waals surface area contributed by atoms with Gasteiger partial charge in [0.2, 0.25) is 0 Å². The molecule has 0 saturated heterocycles. The van der Waals surface area contributed by atoms with E-state index in [1.54, 1.807) is 0 Å². The summed E-state index contributed by atoms with van der Waals surface area (Å²) < 4.78 is 12.9. The molecule has 4 aliphatic rings. The zero-order chi connectivity index (χ0) is 22.6. The molecule has 1 aromatic rings. The Bertz CT molecular complexity index is 898. The summed E-state index contributed by atoms with van der Waals surface area (Å²) in [7, 11) is 0. The van der Waals surface area contributed by atoms with E-state index in [4.69, 9.17) is 20.9 Å². The van der Waals surface area contributed by atoms with Gasteiger partial charge in [-0.25, -0.2) is 0 Å². The van der Waals surface area contributed by atoms with E-state index in [2.05, 4.69) is 58.3 Å². The van der Waals surface area contributed by atoms with Gasteiger partial charge in [-0.1, -0.05) is 54.0 Å². The van der Waals surface area contributed by atoms with Crippen LogP contribution < -0.4 is 20.9 Å². The van der Waals surface area contributed by atoms with E-state index in [0.717, 1.165) is 17.9 Å². The van der Waals surface area contributed by atoms with Gasteiger partial charge in [0.1, 0.15) is 24.2 Å². The third-order valence-electron chi connectivity index (χ3n) is 8.19. The van der Waals surface area contributed by atoms with Crippen molar-refractivity contribution in [3.8, 4) is 11.5 Å². The van der Waals surface area contributed by atoms with Gasteiger partial charge in [-0.05, 0) is 58.8 Å². The largest absolute Gasteiger partial charge is 0.491 e. The van der Waals surface area contributed by atoms with Gasteiger partial charge in [0.15, 0.2) is 5.96 Å². The monoisotopic (exact) mass is 425 g/mol. The number of unbranched alkanes of at least 4 members (excludes halogenated alkanes) is 1. The van der Waals surface area contributed by atoms with Gasteiger partial charge >= 0.3 is 0 Å². The summed E-state index contributed by atoms with van der Waals surface area (Å²) in [5.41, 5.74) is 15.0. The van der Waals surface area contributed by atoms with Crippen LogP contribution in [0.4, 0.5) is 0 Å². The SMILES string of the molecule is C=C1[C@@H]2Oc3cc(C(C)(C)CCCC)cc(OCCN=C(N)N)c3[C@@H]2[C@H]2C[C@@H]1C2(C)C. The lowest BCUT2D eigenvalue weighted by Gasteiger charge is -2.61. The second kappa shape index (κ2) is 7.75. The third kappa shape index (κ3) is 3.60. The van der Waals surface area contributed by atoms with Gasteiger partial charge in [0.25, 0.3) is 0 Å². The van der Waals surface area contributed by atoms with E-state index in [1.807, 2.05) is 0 Å². The van der Waals surface area contributed by atoms with E-state index in [1.165, 1.54) is 36.0 Å². The average Bonchev–Trinajstić information content (AvgIpc) is 3.09. The minimum Gasteiger partial charge on any atom is -0.491 e. The number of nitrogens with two attached hydrogens (primary N) is 2. The van der Waals surface area contributed by atoms with Gasteiger partial charge in [0, 0.05) is 11.5 Å². The Morgan fingerprint density at radius 1 is 1.32 bits per heavy atom. The molecule has 0 aromatic heterocycles. The van der Waals surface area contributed by atoms with Crippen molar-refractivity contribution in [2.75, 3.05) is 13.2 Å². The van der Waals surface area contributed by atoms with Crippen LogP contribution in [0.25, 0.3) is 0 Å². The Balaban J connectivity index is 1.72. The smallest absolute Gasteiger partial charge is 0.186 e. The molecule has 31 heavy (non-hydrogen) atoms. The number of hydrogen-bond donors (Lipinski definition) is 2. The van der Waals surface area contributed by atoms with Crippen molar-refractivity contribution >= 4 is 5.96 Å². The first-order chi connectivity index (χ1) is 14.6. The van der Waals surface area contributed by atoms with Crippen LogP contribution in [0.2, 0.25) is 0 Å². The van der Waals surface area contributed by atoms with E-state index in [-0.39, 0.29) is 22.9 Å². The molecule has 2 bridgehead atoms. The number of rotatable bonds is 8. The standard InChI is InChI=1S/C26H39N3O2/c1-7-8-9-25(3,4)16-12-19(30-11-10-29-24(27)28)22-20(13-16)31-23-15(2)17-14-18(21(22)23)26(17,5)6/h12-13,17-18,21,23H,2,7-11,14H2,1,3-6H3,(H4,27,28,29)/t17-,18+,21-,23-/m0/s1. The highest BCUT2D eigenvalue weighted by molar-refractivity contribution is 5.75. The lowest BCUT2D eigenvalue weighted by Crippen LogP contribution is -2.57. The van der Waals surface area contributed by atoms with Gasteiger partial charge in [-0.3, -0.25) is 4.99 Å². The highest BCUT2D eigenvalue weighted by atomic mass is 16.5. The molecule has 3 saturated carbocycles. The number of aliphatic imine (C=N–C) groups is 1. The Labute approximate surface area is 187 Å². The second-order valence-corrected chi connectivity index (χ2v) is 10.9. The molecule has 5 heteroatoms. The number of ether oxygens (including phenoxy) is 2. The van der Waals surface area contributed by atoms with Crippen LogP contribution in [0.1, 0.15) is 77.3 Å². The minimum absolute atomic E-state index is 0.0541. The second-order valence-electron chi connectivity index (χ2n) is 10.9. The molecular weight excluding hydrogens is 386 g/mol. The van der Waals surface area contributed by atoms with Crippen LogP contribution in [-0.2, 0) is 5.41 Å². The van der Waals surface area contributed by atoms with Gasteiger partial charge < -0.3 is 20.9 Å². The van der Waals surface area contributed by atoms with Crippen molar-refractivity contribution in [2.45, 2.75) is 77.7 Å². The molecule has 1 heterocycles. The van der Waals surface area contributed by atoms with Crippen molar-refractivity contribution in [1.82, 2.24) is 0 Å². The summed E-state index contributed by atoms with van der Waals surface area (Å²) in [5, 5.41) is 0.